The second kappa shape index (κ2) is 15.8. The molecule has 35 heavy (non-hydrogen) atoms. The SMILES string of the molecule is CCCCCCCCCCCCOc1ccc(C(=O)/C=C/Nc2ccc(C3C=CC=C3)cc2)cc1. The fraction of sp³-hybridized carbons (Fsp3) is 0.406. The predicted molar refractivity (Wildman–Crippen MR) is 148 cm³/mol. The number of carbonyl (C=O) groups excluding carboxylic acids is 1. The summed E-state index contributed by atoms with van der Waals surface area (Å²) in [6, 6.07) is 15.7. The first-order valence-electron chi connectivity index (χ1n) is 13.4. The first-order valence-corrected chi connectivity index (χ1v) is 13.4. The van der Waals surface area contributed by atoms with E-state index in [1.807, 2.05) is 36.4 Å². The Kier molecular flexibility index (Phi) is 11.9. The molecule has 0 bridgehead atoms. The summed E-state index contributed by atoms with van der Waals surface area (Å²) in [5.41, 5.74) is 2.88. The number of unbranched alkanes of at least 4 members (excludes halogenated alkanes) is 9. The Bertz CT molecular complexity index is 942. The van der Waals surface area contributed by atoms with E-state index < -0.39 is 0 Å². The molecule has 3 rings (SSSR count). The number of hydrogen-bond acceptors (Lipinski definition) is 3. The van der Waals surface area contributed by atoms with E-state index in [4.69, 9.17) is 4.74 Å². The fourth-order valence-corrected chi connectivity index (χ4v) is 4.26. The van der Waals surface area contributed by atoms with Crippen molar-refractivity contribution < 1.29 is 9.53 Å². The summed E-state index contributed by atoms with van der Waals surface area (Å²) >= 11 is 0. The Labute approximate surface area is 212 Å². The molecule has 0 heterocycles. The number of ether oxygens (including phenoxy) is 1. The van der Waals surface area contributed by atoms with Crippen molar-refractivity contribution in [2.24, 2.45) is 0 Å². The summed E-state index contributed by atoms with van der Waals surface area (Å²) < 4.78 is 5.85. The maximum absolute atomic E-state index is 12.5. The average molecular weight is 472 g/mol. The molecule has 0 saturated carbocycles. The molecule has 0 aliphatic heterocycles. The molecule has 186 valence electrons. The van der Waals surface area contributed by atoms with E-state index in [0.29, 0.717) is 11.5 Å². The molecule has 3 heteroatoms. The van der Waals surface area contributed by atoms with Crippen molar-refractivity contribution in [1.82, 2.24) is 0 Å². The zero-order chi connectivity index (χ0) is 24.6. The molecule has 0 saturated heterocycles. The predicted octanol–water partition coefficient (Wildman–Crippen LogP) is 9.00. The molecule has 0 atom stereocenters. The molecule has 0 unspecified atom stereocenters. The first-order chi connectivity index (χ1) is 17.3. The molecule has 0 fully saturated rings. The van der Waals surface area contributed by atoms with Gasteiger partial charge in [0.1, 0.15) is 5.75 Å². The van der Waals surface area contributed by atoms with Crippen molar-refractivity contribution in [3.05, 3.63) is 96.2 Å². The van der Waals surface area contributed by atoms with Gasteiger partial charge in [0.25, 0.3) is 0 Å². The molecule has 1 N–H and O–H groups in total. The second-order valence-corrected chi connectivity index (χ2v) is 9.31. The summed E-state index contributed by atoms with van der Waals surface area (Å²) in [4.78, 5) is 12.5. The lowest BCUT2D eigenvalue weighted by molar-refractivity contribution is 0.104. The molecular formula is C32H41NO2. The number of hydrogen-bond donors (Lipinski definition) is 1. The van der Waals surface area contributed by atoms with E-state index in [9.17, 15) is 4.79 Å². The van der Waals surface area contributed by atoms with Gasteiger partial charge in [-0.05, 0) is 48.4 Å². The van der Waals surface area contributed by atoms with Crippen LogP contribution in [0.4, 0.5) is 5.69 Å². The van der Waals surface area contributed by atoms with Crippen molar-refractivity contribution in [1.29, 1.82) is 0 Å². The summed E-state index contributed by atoms with van der Waals surface area (Å²) in [6.07, 6.45) is 24.9. The van der Waals surface area contributed by atoms with E-state index in [0.717, 1.165) is 24.5 Å². The largest absolute Gasteiger partial charge is 0.494 e. The number of nitrogens with one attached hydrogen (secondary N) is 1. The highest BCUT2D eigenvalue weighted by molar-refractivity contribution is 6.04. The highest BCUT2D eigenvalue weighted by Crippen LogP contribution is 2.24. The smallest absolute Gasteiger partial charge is 0.187 e. The summed E-state index contributed by atoms with van der Waals surface area (Å²) in [5, 5.41) is 3.18. The van der Waals surface area contributed by atoms with E-state index >= 15 is 0 Å². The van der Waals surface area contributed by atoms with Crippen molar-refractivity contribution in [2.45, 2.75) is 77.0 Å². The zero-order valence-corrected chi connectivity index (χ0v) is 21.3. The average Bonchev–Trinajstić information content (AvgIpc) is 3.43. The number of carbonyl (C=O) groups is 1. The van der Waals surface area contributed by atoms with E-state index in [1.54, 1.807) is 12.3 Å². The van der Waals surface area contributed by atoms with E-state index in [1.165, 1.54) is 63.4 Å². The van der Waals surface area contributed by atoms with Gasteiger partial charge in [0.05, 0.1) is 6.61 Å². The van der Waals surface area contributed by atoms with Crippen LogP contribution in [0, 0.1) is 0 Å². The third kappa shape index (κ3) is 9.98. The first kappa shape index (κ1) is 26.5. The fourth-order valence-electron chi connectivity index (χ4n) is 4.26. The highest BCUT2D eigenvalue weighted by Gasteiger charge is 2.06. The van der Waals surface area contributed by atoms with Gasteiger partial charge in [-0.1, -0.05) is 101 Å². The molecule has 1 aliphatic rings. The van der Waals surface area contributed by atoms with E-state index in [-0.39, 0.29) is 5.78 Å². The lowest BCUT2D eigenvalue weighted by Crippen LogP contribution is -1.99. The van der Waals surface area contributed by atoms with Crippen molar-refractivity contribution in [3.8, 4) is 5.75 Å². The Morgan fingerprint density at radius 1 is 0.800 bits per heavy atom. The normalized spacial score (nSPS) is 13.1. The van der Waals surface area contributed by atoms with Gasteiger partial charge in [0, 0.05) is 29.4 Å². The van der Waals surface area contributed by atoms with Crippen LogP contribution < -0.4 is 10.1 Å². The second-order valence-electron chi connectivity index (χ2n) is 9.31. The van der Waals surface area contributed by atoms with Crippen LogP contribution >= 0.6 is 0 Å². The van der Waals surface area contributed by atoms with Gasteiger partial charge < -0.3 is 10.1 Å². The number of allylic oxidation sites excluding steroid dienone is 5. The van der Waals surface area contributed by atoms with Gasteiger partial charge >= 0.3 is 0 Å². The van der Waals surface area contributed by atoms with Crippen LogP contribution in [-0.4, -0.2) is 12.4 Å². The third-order valence-electron chi connectivity index (χ3n) is 6.43. The molecule has 1 aliphatic carbocycles. The molecule has 0 amide bonds. The molecule has 3 nitrogen and oxygen atoms in total. The molecule has 0 spiro atoms. The van der Waals surface area contributed by atoms with Gasteiger partial charge in [-0.25, -0.2) is 0 Å². The lowest BCUT2D eigenvalue weighted by atomic mass is 10.0. The summed E-state index contributed by atoms with van der Waals surface area (Å²) in [6.45, 7) is 3.00. The minimum atomic E-state index is -0.0309. The quantitative estimate of drug-likeness (QED) is 0.142. The zero-order valence-electron chi connectivity index (χ0n) is 21.3. The van der Waals surface area contributed by atoms with Gasteiger partial charge in [-0.2, -0.15) is 0 Å². The lowest BCUT2D eigenvalue weighted by Gasteiger charge is -2.07. The van der Waals surface area contributed by atoms with Crippen molar-refractivity contribution in [3.63, 3.8) is 0 Å². The highest BCUT2D eigenvalue weighted by atomic mass is 16.5. The minimum Gasteiger partial charge on any atom is -0.494 e. The van der Waals surface area contributed by atoms with Crippen LogP contribution in [0.3, 0.4) is 0 Å². The number of rotatable bonds is 17. The monoisotopic (exact) mass is 471 g/mol. The molecule has 0 radical (unpaired) electrons. The maximum Gasteiger partial charge on any atom is 0.187 e. The maximum atomic E-state index is 12.5. The van der Waals surface area contributed by atoms with Crippen molar-refractivity contribution in [2.75, 3.05) is 11.9 Å². The van der Waals surface area contributed by atoms with Crippen LogP contribution in [0.25, 0.3) is 0 Å². The number of ketones is 1. The Morgan fingerprint density at radius 3 is 2.03 bits per heavy atom. The van der Waals surface area contributed by atoms with Crippen LogP contribution in [0.2, 0.25) is 0 Å². The number of benzene rings is 2. The minimum absolute atomic E-state index is 0.0309. The van der Waals surface area contributed by atoms with Gasteiger partial charge in [-0.3, -0.25) is 4.79 Å². The van der Waals surface area contributed by atoms with Gasteiger partial charge in [0.15, 0.2) is 5.78 Å². The van der Waals surface area contributed by atoms with Crippen LogP contribution in [0.15, 0.2) is 85.1 Å². The van der Waals surface area contributed by atoms with E-state index in [2.05, 4.69) is 48.7 Å². The Morgan fingerprint density at radius 2 is 1.40 bits per heavy atom. The standard InChI is InChI=1S/C32H41NO2/c1-2-3-4-5-6-7-8-9-10-13-26-35-31-22-18-29(19-23-31)32(34)24-25-33-30-20-16-28(17-21-30)27-14-11-12-15-27/h11-12,14-25,27,33H,2-10,13,26H2,1H3/b25-24+. The molecular weight excluding hydrogens is 430 g/mol. The Hall–Kier alpha value is -3.07. The number of anilines is 1. The third-order valence-corrected chi connectivity index (χ3v) is 6.43. The Balaban J connectivity index is 1.28. The van der Waals surface area contributed by atoms with Gasteiger partial charge in [0.2, 0.25) is 0 Å². The molecule has 2 aromatic rings. The van der Waals surface area contributed by atoms with Crippen molar-refractivity contribution >= 4 is 11.5 Å². The van der Waals surface area contributed by atoms with Gasteiger partial charge in [-0.15, -0.1) is 0 Å². The topological polar surface area (TPSA) is 38.3 Å². The van der Waals surface area contributed by atoms with Crippen LogP contribution in [-0.2, 0) is 0 Å². The summed E-state index contributed by atoms with van der Waals surface area (Å²) in [7, 11) is 0. The molecule has 2 aromatic carbocycles. The summed E-state index contributed by atoms with van der Waals surface area (Å²) in [5.74, 6) is 1.16. The van der Waals surface area contributed by atoms with Crippen LogP contribution in [0.5, 0.6) is 5.75 Å². The molecule has 0 aromatic heterocycles. The van der Waals surface area contributed by atoms with Crippen LogP contribution in [0.1, 0.15) is 93.0 Å².